The molecule has 7 heteroatoms. The lowest BCUT2D eigenvalue weighted by molar-refractivity contribution is 0.102. The van der Waals surface area contributed by atoms with Gasteiger partial charge >= 0.3 is 0 Å². The van der Waals surface area contributed by atoms with E-state index >= 15 is 0 Å². The number of aryl methyl sites for hydroxylation is 5. The van der Waals surface area contributed by atoms with Crippen LogP contribution in [0.5, 0.6) is 0 Å². The van der Waals surface area contributed by atoms with Crippen molar-refractivity contribution in [1.82, 2.24) is 19.6 Å². The molecule has 148 valence electrons. The molecular weight excluding hydrogens is 382 g/mol. The molecular formula is C22H23N5OS. The van der Waals surface area contributed by atoms with Crippen LogP contribution < -0.4 is 5.32 Å². The van der Waals surface area contributed by atoms with E-state index in [0.717, 1.165) is 28.4 Å². The predicted molar refractivity (Wildman–Crippen MR) is 116 cm³/mol. The van der Waals surface area contributed by atoms with Gasteiger partial charge in [0.1, 0.15) is 5.56 Å². The Balaban J connectivity index is 1.61. The molecule has 29 heavy (non-hydrogen) atoms. The molecule has 1 N–H and O–H groups in total. The molecule has 3 heterocycles. The summed E-state index contributed by atoms with van der Waals surface area (Å²) >= 11 is 1.51. The monoisotopic (exact) mass is 405 g/mol. The first kappa shape index (κ1) is 19.3. The largest absolute Gasteiger partial charge is 0.298 e. The van der Waals surface area contributed by atoms with E-state index in [0.29, 0.717) is 22.0 Å². The van der Waals surface area contributed by atoms with Crippen molar-refractivity contribution in [3.8, 4) is 0 Å². The summed E-state index contributed by atoms with van der Waals surface area (Å²) in [5.74, 6) is -0.231. The van der Waals surface area contributed by atoms with E-state index in [4.69, 9.17) is 0 Å². The lowest BCUT2D eigenvalue weighted by atomic mass is 10.1. The first-order valence-corrected chi connectivity index (χ1v) is 10.3. The normalized spacial score (nSPS) is 11.2. The second kappa shape index (κ2) is 7.40. The quantitative estimate of drug-likeness (QED) is 0.540. The number of fused-ring (bicyclic) bond motifs is 1. The van der Waals surface area contributed by atoms with Crippen molar-refractivity contribution in [2.75, 3.05) is 5.32 Å². The summed E-state index contributed by atoms with van der Waals surface area (Å²) in [5, 5.41) is 8.02. The third kappa shape index (κ3) is 3.78. The Kier molecular flexibility index (Phi) is 4.92. The number of anilines is 1. The molecule has 1 amide bonds. The fourth-order valence-electron chi connectivity index (χ4n) is 3.51. The molecule has 0 fully saturated rings. The molecule has 4 rings (SSSR count). The molecule has 0 aliphatic carbocycles. The number of thiazole rings is 1. The highest BCUT2D eigenvalue weighted by Crippen LogP contribution is 2.27. The Bertz CT molecular complexity index is 1240. The summed E-state index contributed by atoms with van der Waals surface area (Å²) in [6, 6.07) is 10.4. The Morgan fingerprint density at radius 1 is 1.07 bits per heavy atom. The minimum atomic E-state index is -0.231. The Morgan fingerprint density at radius 3 is 2.62 bits per heavy atom. The van der Waals surface area contributed by atoms with E-state index in [1.54, 1.807) is 4.52 Å². The molecule has 0 spiro atoms. The van der Waals surface area contributed by atoms with E-state index in [2.05, 4.69) is 51.6 Å². The Morgan fingerprint density at radius 2 is 1.86 bits per heavy atom. The van der Waals surface area contributed by atoms with Crippen LogP contribution in [0.25, 0.3) is 5.65 Å². The van der Waals surface area contributed by atoms with Gasteiger partial charge in [-0.2, -0.15) is 5.10 Å². The summed E-state index contributed by atoms with van der Waals surface area (Å²) in [6.45, 7) is 9.77. The van der Waals surface area contributed by atoms with Crippen LogP contribution >= 0.6 is 11.3 Å². The summed E-state index contributed by atoms with van der Waals surface area (Å²) in [7, 11) is 0. The molecule has 6 nitrogen and oxygen atoms in total. The molecule has 4 aromatic rings. The van der Waals surface area contributed by atoms with Gasteiger partial charge < -0.3 is 0 Å². The van der Waals surface area contributed by atoms with Gasteiger partial charge in [-0.1, -0.05) is 29.8 Å². The van der Waals surface area contributed by atoms with Crippen LogP contribution in [-0.2, 0) is 6.42 Å². The fraction of sp³-hybridized carbons (Fsp3) is 0.273. The van der Waals surface area contributed by atoms with Gasteiger partial charge in [-0.15, -0.1) is 11.3 Å². The first-order valence-electron chi connectivity index (χ1n) is 9.48. The average molecular weight is 406 g/mol. The van der Waals surface area contributed by atoms with Crippen LogP contribution in [-0.4, -0.2) is 25.5 Å². The van der Waals surface area contributed by atoms with Gasteiger partial charge in [-0.05, 0) is 46.2 Å². The molecule has 3 aromatic heterocycles. The van der Waals surface area contributed by atoms with Crippen LogP contribution in [0.1, 0.15) is 49.1 Å². The van der Waals surface area contributed by atoms with E-state index in [9.17, 15) is 4.79 Å². The van der Waals surface area contributed by atoms with Crippen LogP contribution in [0.3, 0.4) is 0 Å². The maximum absolute atomic E-state index is 13.0. The van der Waals surface area contributed by atoms with Crippen molar-refractivity contribution in [2.24, 2.45) is 0 Å². The minimum absolute atomic E-state index is 0.231. The molecule has 0 bridgehead atoms. The topological polar surface area (TPSA) is 72.2 Å². The smallest absolute Gasteiger partial charge is 0.263 e. The highest BCUT2D eigenvalue weighted by molar-refractivity contribution is 7.15. The lowest BCUT2D eigenvalue weighted by Gasteiger charge is -2.03. The highest BCUT2D eigenvalue weighted by atomic mass is 32.1. The minimum Gasteiger partial charge on any atom is -0.298 e. The number of rotatable bonds is 4. The SMILES string of the molecule is Cc1cccc(Cc2sc(NC(=O)c3c(C)nn4c(C)cc(C)nc34)nc2C)c1. The van der Waals surface area contributed by atoms with Crippen LogP contribution in [0.4, 0.5) is 5.13 Å². The van der Waals surface area contributed by atoms with Crippen LogP contribution in [0.2, 0.25) is 0 Å². The molecule has 0 atom stereocenters. The molecule has 0 aliphatic heterocycles. The van der Waals surface area contributed by atoms with Crippen molar-refractivity contribution >= 4 is 28.0 Å². The second-order valence-corrected chi connectivity index (χ2v) is 8.47. The zero-order valence-corrected chi connectivity index (χ0v) is 18.0. The molecule has 1 aromatic carbocycles. The number of hydrogen-bond donors (Lipinski definition) is 1. The number of hydrogen-bond acceptors (Lipinski definition) is 5. The van der Waals surface area contributed by atoms with Crippen molar-refractivity contribution in [3.05, 3.63) is 74.7 Å². The third-order valence-electron chi connectivity index (χ3n) is 4.86. The predicted octanol–water partition coefficient (Wildman–Crippen LogP) is 4.57. The van der Waals surface area contributed by atoms with Crippen molar-refractivity contribution in [3.63, 3.8) is 0 Å². The van der Waals surface area contributed by atoms with E-state index < -0.39 is 0 Å². The van der Waals surface area contributed by atoms with Gasteiger partial charge in [0, 0.05) is 22.7 Å². The lowest BCUT2D eigenvalue weighted by Crippen LogP contribution is -2.13. The van der Waals surface area contributed by atoms with Crippen molar-refractivity contribution in [1.29, 1.82) is 0 Å². The zero-order valence-electron chi connectivity index (χ0n) is 17.2. The van der Waals surface area contributed by atoms with Gasteiger partial charge in [0.05, 0.1) is 11.4 Å². The maximum atomic E-state index is 13.0. The number of nitrogens with zero attached hydrogens (tertiary/aromatic N) is 4. The molecule has 0 radical (unpaired) electrons. The summed E-state index contributed by atoms with van der Waals surface area (Å²) in [6.07, 6.45) is 0.802. The fourth-order valence-corrected chi connectivity index (χ4v) is 4.50. The molecule has 0 unspecified atom stereocenters. The van der Waals surface area contributed by atoms with Crippen LogP contribution in [0.15, 0.2) is 30.3 Å². The Labute approximate surface area is 173 Å². The van der Waals surface area contributed by atoms with Gasteiger partial charge in [0.15, 0.2) is 10.8 Å². The second-order valence-electron chi connectivity index (χ2n) is 7.38. The summed E-state index contributed by atoms with van der Waals surface area (Å²) in [4.78, 5) is 23.3. The van der Waals surface area contributed by atoms with Crippen molar-refractivity contribution in [2.45, 2.75) is 41.0 Å². The number of amides is 1. The average Bonchev–Trinajstić information content (AvgIpc) is 3.14. The van der Waals surface area contributed by atoms with Crippen molar-refractivity contribution < 1.29 is 4.79 Å². The van der Waals surface area contributed by atoms with Crippen LogP contribution in [0, 0.1) is 34.6 Å². The van der Waals surface area contributed by atoms with E-state index in [1.807, 2.05) is 33.8 Å². The molecule has 0 saturated heterocycles. The summed E-state index contributed by atoms with van der Waals surface area (Å²) in [5.41, 5.74) is 6.93. The van der Waals surface area contributed by atoms with Gasteiger partial charge in [0.25, 0.3) is 5.91 Å². The number of carbonyl (C=O) groups is 1. The van der Waals surface area contributed by atoms with E-state index in [-0.39, 0.29) is 5.91 Å². The third-order valence-corrected chi connectivity index (χ3v) is 5.93. The van der Waals surface area contributed by atoms with E-state index in [1.165, 1.54) is 22.5 Å². The first-order chi connectivity index (χ1) is 13.8. The number of nitrogens with one attached hydrogen (secondary N) is 1. The van der Waals surface area contributed by atoms with Gasteiger partial charge in [-0.25, -0.2) is 14.5 Å². The number of aromatic nitrogens is 4. The Hall–Kier alpha value is -3.06. The zero-order chi connectivity index (χ0) is 20.7. The summed E-state index contributed by atoms with van der Waals surface area (Å²) < 4.78 is 1.72. The standard InChI is InChI=1S/C22H23N5OS/c1-12-7-6-8-17(9-12)11-18-15(4)24-22(29-18)25-21(28)19-16(5)26-27-14(3)10-13(2)23-20(19)27/h6-10H,11H2,1-5H3,(H,24,25,28). The van der Waals surface area contributed by atoms with Gasteiger partial charge in [-0.3, -0.25) is 10.1 Å². The number of carbonyl (C=O) groups excluding carboxylic acids is 1. The van der Waals surface area contributed by atoms with Gasteiger partial charge in [0.2, 0.25) is 0 Å². The molecule has 0 saturated carbocycles. The maximum Gasteiger partial charge on any atom is 0.263 e. The highest BCUT2D eigenvalue weighted by Gasteiger charge is 2.21. The molecule has 0 aliphatic rings. The number of benzene rings is 1.